The lowest BCUT2D eigenvalue weighted by Gasteiger charge is -2.38. The van der Waals surface area contributed by atoms with E-state index in [0.717, 1.165) is 44.9 Å². The second-order valence-corrected chi connectivity index (χ2v) is 5.86. The normalized spacial score (nSPS) is 29.0. The van der Waals surface area contributed by atoms with Gasteiger partial charge in [-0.25, -0.2) is 0 Å². The zero-order valence-electron chi connectivity index (χ0n) is 11.5. The van der Waals surface area contributed by atoms with Gasteiger partial charge in [0.25, 0.3) is 0 Å². The van der Waals surface area contributed by atoms with Crippen molar-refractivity contribution < 1.29 is 9.90 Å². The van der Waals surface area contributed by atoms with Crippen molar-refractivity contribution in [2.24, 2.45) is 5.41 Å². The van der Waals surface area contributed by atoms with E-state index in [1.807, 2.05) is 14.0 Å². The fraction of sp³-hybridized carbons (Fsp3) is 0.929. The first kappa shape index (κ1) is 14.7. The van der Waals surface area contributed by atoms with Crippen molar-refractivity contribution >= 4 is 6.29 Å². The van der Waals surface area contributed by atoms with Gasteiger partial charge in [0, 0.05) is 18.0 Å². The third kappa shape index (κ3) is 4.07. The van der Waals surface area contributed by atoms with Gasteiger partial charge < -0.3 is 9.90 Å². The minimum absolute atomic E-state index is 0.216. The third-order valence-electron chi connectivity index (χ3n) is 3.98. The van der Waals surface area contributed by atoms with Crippen LogP contribution < -0.4 is 0 Å². The fourth-order valence-electron chi connectivity index (χ4n) is 3.04. The molecule has 17 heavy (non-hydrogen) atoms. The van der Waals surface area contributed by atoms with Crippen LogP contribution in [0.5, 0.6) is 0 Å². The summed E-state index contributed by atoms with van der Waals surface area (Å²) in [5.74, 6) is 0. The molecule has 0 aromatic rings. The monoisotopic (exact) mass is 241 g/mol. The molecule has 0 aromatic carbocycles. The molecule has 0 aromatic heterocycles. The molecule has 0 spiro atoms. The maximum Gasteiger partial charge on any atom is 0.127 e. The average molecular weight is 241 g/mol. The van der Waals surface area contributed by atoms with Crippen LogP contribution in [0.25, 0.3) is 0 Å². The summed E-state index contributed by atoms with van der Waals surface area (Å²) in [5, 5.41) is 10.0. The summed E-state index contributed by atoms with van der Waals surface area (Å²) in [6.07, 6.45) is 7.09. The first-order chi connectivity index (χ1) is 8.02. The predicted octanol–water partition coefficient (Wildman–Crippen LogP) is 2.23. The summed E-state index contributed by atoms with van der Waals surface area (Å²) in [7, 11) is 2.04. The van der Waals surface area contributed by atoms with Gasteiger partial charge in [-0.15, -0.1) is 0 Å². The lowest BCUT2D eigenvalue weighted by Crippen LogP contribution is -2.47. The first-order valence-electron chi connectivity index (χ1n) is 6.87. The number of aliphatic hydroxyl groups excluding tert-OH is 1. The van der Waals surface area contributed by atoms with E-state index in [2.05, 4.69) is 11.8 Å². The number of aldehydes is 1. The summed E-state index contributed by atoms with van der Waals surface area (Å²) in [6, 6.07) is 0.236. The zero-order valence-corrected chi connectivity index (χ0v) is 11.5. The van der Waals surface area contributed by atoms with E-state index in [4.69, 9.17) is 0 Å². The molecule has 0 bridgehead atoms. The minimum Gasteiger partial charge on any atom is -0.391 e. The number of rotatable bonds is 6. The third-order valence-corrected chi connectivity index (χ3v) is 3.98. The standard InChI is InChI=1S/C14H27NO2/c1-4-9-14(2,11-16)10-15(3)12-7-5-6-8-13(12)17/h11-13,17H,4-10H2,1-3H3. The van der Waals surface area contributed by atoms with Gasteiger partial charge in [0.05, 0.1) is 6.10 Å². The van der Waals surface area contributed by atoms with Gasteiger partial charge in [-0.3, -0.25) is 4.90 Å². The predicted molar refractivity (Wildman–Crippen MR) is 70.0 cm³/mol. The van der Waals surface area contributed by atoms with E-state index in [9.17, 15) is 9.90 Å². The molecule has 0 heterocycles. The molecular weight excluding hydrogens is 214 g/mol. The Kier molecular flexibility index (Phi) is 5.60. The van der Waals surface area contributed by atoms with E-state index in [1.54, 1.807) is 0 Å². The molecule has 3 heteroatoms. The molecule has 3 atom stereocenters. The number of carbonyl (C=O) groups excluding carboxylic acids is 1. The molecule has 3 nitrogen and oxygen atoms in total. The van der Waals surface area contributed by atoms with Crippen molar-refractivity contribution in [3.05, 3.63) is 0 Å². The highest BCUT2D eigenvalue weighted by atomic mass is 16.3. The van der Waals surface area contributed by atoms with Gasteiger partial charge in [0.2, 0.25) is 0 Å². The van der Waals surface area contributed by atoms with Gasteiger partial charge >= 0.3 is 0 Å². The Morgan fingerprint density at radius 3 is 2.59 bits per heavy atom. The number of aliphatic hydroxyl groups is 1. The van der Waals surface area contributed by atoms with Gasteiger partial charge in [-0.05, 0) is 26.3 Å². The summed E-state index contributed by atoms with van der Waals surface area (Å²) in [6.45, 7) is 4.89. The van der Waals surface area contributed by atoms with Gasteiger partial charge in [-0.1, -0.05) is 33.1 Å². The number of hydrogen-bond acceptors (Lipinski definition) is 3. The second kappa shape index (κ2) is 6.50. The van der Waals surface area contributed by atoms with E-state index in [1.165, 1.54) is 6.42 Å². The van der Waals surface area contributed by atoms with Crippen LogP contribution in [-0.4, -0.2) is 42.0 Å². The molecule has 100 valence electrons. The van der Waals surface area contributed by atoms with Crippen LogP contribution >= 0.6 is 0 Å². The first-order valence-corrected chi connectivity index (χ1v) is 6.87. The van der Waals surface area contributed by atoms with Crippen LogP contribution in [0.2, 0.25) is 0 Å². The van der Waals surface area contributed by atoms with Crippen molar-refractivity contribution in [1.29, 1.82) is 0 Å². The van der Waals surface area contributed by atoms with Crippen LogP contribution in [-0.2, 0) is 4.79 Å². The molecule has 1 aliphatic rings. The topological polar surface area (TPSA) is 40.5 Å². The van der Waals surface area contributed by atoms with E-state index < -0.39 is 0 Å². The van der Waals surface area contributed by atoms with E-state index in [-0.39, 0.29) is 17.6 Å². The molecule has 0 radical (unpaired) electrons. The van der Waals surface area contributed by atoms with Crippen LogP contribution in [0, 0.1) is 5.41 Å². The number of carbonyl (C=O) groups is 1. The van der Waals surface area contributed by atoms with Crippen LogP contribution in [0.3, 0.4) is 0 Å². The highest BCUT2D eigenvalue weighted by molar-refractivity contribution is 5.59. The van der Waals surface area contributed by atoms with Gasteiger partial charge in [-0.2, -0.15) is 0 Å². The van der Waals surface area contributed by atoms with Gasteiger partial charge in [0.15, 0.2) is 0 Å². The molecule has 0 saturated heterocycles. The van der Waals surface area contributed by atoms with E-state index in [0.29, 0.717) is 0 Å². The highest BCUT2D eigenvalue weighted by Crippen LogP contribution is 2.27. The molecule has 3 unspecified atom stereocenters. The molecule has 1 N–H and O–H groups in total. The smallest absolute Gasteiger partial charge is 0.127 e. The Morgan fingerprint density at radius 2 is 2.06 bits per heavy atom. The second-order valence-electron chi connectivity index (χ2n) is 5.86. The molecule has 1 aliphatic carbocycles. The van der Waals surface area contributed by atoms with Crippen LogP contribution in [0.15, 0.2) is 0 Å². The Hall–Kier alpha value is -0.410. The number of nitrogens with zero attached hydrogens (tertiary/aromatic N) is 1. The molecule has 1 rings (SSSR count). The van der Waals surface area contributed by atoms with Crippen LogP contribution in [0.1, 0.15) is 52.4 Å². The summed E-state index contributed by atoms with van der Waals surface area (Å²) >= 11 is 0. The lowest BCUT2D eigenvalue weighted by atomic mass is 9.84. The Balaban J connectivity index is 2.56. The maximum atomic E-state index is 11.2. The number of likely N-dealkylation sites (N-methyl/N-ethyl adjacent to an activating group) is 1. The van der Waals surface area contributed by atoms with Crippen molar-refractivity contribution in [3.8, 4) is 0 Å². The summed E-state index contributed by atoms with van der Waals surface area (Å²) in [4.78, 5) is 13.4. The fourth-order valence-corrected chi connectivity index (χ4v) is 3.04. The summed E-state index contributed by atoms with van der Waals surface area (Å²) in [5.41, 5.74) is -0.263. The summed E-state index contributed by atoms with van der Waals surface area (Å²) < 4.78 is 0. The zero-order chi connectivity index (χ0) is 12.9. The maximum absolute atomic E-state index is 11.2. The highest BCUT2D eigenvalue weighted by Gasteiger charge is 2.31. The van der Waals surface area contributed by atoms with Crippen molar-refractivity contribution in [1.82, 2.24) is 4.90 Å². The minimum atomic E-state index is -0.263. The SMILES string of the molecule is CCCC(C)(C=O)CN(C)C1CCCCC1O. The average Bonchev–Trinajstić information content (AvgIpc) is 2.29. The Morgan fingerprint density at radius 1 is 1.41 bits per heavy atom. The quantitative estimate of drug-likeness (QED) is 0.725. The molecule has 1 fully saturated rings. The Bertz CT molecular complexity index is 244. The molecule has 1 saturated carbocycles. The molecule has 0 aliphatic heterocycles. The van der Waals surface area contributed by atoms with Crippen molar-refractivity contribution in [3.63, 3.8) is 0 Å². The largest absolute Gasteiger partial charge is 0.391 e. The molecule has 0 amide bonds. The number of hydrogen-bond donors (Lipinski definition) is 1. The van der Waals surface area contributed by atoms with Crippen LogP contribution in [0.4, 0.5) is 0 Å². The Labute approximate surface area is 105 Å². The van der Waals surface area contributed by atoms with Gasteiger partial charge in [0.1, 0.15) is 6.29 Å². The molecular formula is C14H27NO2. The lowest BCUT2D eigenvalue weighted by molar-refractivity contribution is -0.117. The van der Waals surface area contributed by atoms with Crippen molar-refractivity contribution in [2.45, 2.75) is 64.5 Å². The van der Waals surface area contributed by atoms with E-state index >= 15 is 0 Å². The van der Waals surface area contributed by atoms with Crippen molar-refractivity contribution in [2.75, 3.05) is 13.6 Å².